The summed E-state index contributed by atoms with van der Waals surface area (Å²) in [7, 11) is 0. The lowest BCUT2D eigenvalue weighted by atomic mass is 10.2. The van der Waals surface area contributed by atoms with Crippen molar-refractivity contribution in [2.24, 2.45) is 5.16 Å². The fourth-order valence-electron chi connectivity index (χ4n) is 1.97. The van der Waals surface area contributed by atoms with Gasteiger partial charge in [-0.3, -0.25) is 4.79 Å². The average Bonchev–Trinajstić information content (AvgIpc) is 2.58. The van der Waals surface area contributed by atoms with Crippen LogP contribution in [0.15, 0.2) is 47.6 Å². The van der Waals surface area contributed by atoms with Gasteiger partial charge >= 0.3 is 6.61 Å². The number of ether oxygens (including phenoxy) is 1. The van der Waals surface area contributed by atoms with E-state index in [9.17, 15) is 18.0 Å². The van der Waals surface area contributed by atoms with Crippen LogP contribution in [0.5, 0.6) is 5.75 Å². The van der Waals surface area contributed by atoms with Crippen LogP contribution in [0.3, 0.4) is 0 Å². The van der Waals surface area contributed by atoms with Crippen molar-refractivity contribution in [1.82, 2.24) is 0 Å². The molecule has 0 aliphatic carbocycles. The molecule has 5 nitrogen and oxygen atoms in total. The molecular formula is C18H17F3N2O3. The van der Waals surface area contributed by atoms with Gasteiger partial charge in [0.05, 0.1) is 11.9 Å². The number of hydrogen-bond donors (Lipinski definition) is 1. The second-order valence-electron chi connectivity index (χ2n) is 5.37. The number of amides is 1. The Kier molecular flexibility index (Phi) is 6.60. The quantitative estimate of drug-likeness (QED) is 0.593. The molecule has 0 spiro atoms. The first-order valence-electron chi connectivity index (χ1n) is 7.67. The van der Waals surface area contributed by atoms with Crippen LogP contribution >= 0.6 is 0 Å². The summed E-state index contributed by atoms with van der Waals surface area (Å²) in [6.45, 7) is 0.171. The Hall–Kier alpha value is -3.03. The Morgan fingerprint density at radius 3 is 2.65 bits per heavy atom. The van der Waals surface area contributed by atoms with Crippen LogP contribution in [0, 0.1) is 12.7 Å². The molecule has 26 heavy (non-hydrogen) atoms. The molecule has 138 valence electrons. The van der Waals surface area contributed by atoms with Crippen molar-refractivity contribution in [2.45, 2.75) is 26.6 Å². The Morgan fingerprint density at radius 1 is 1.23 bits per heavy atom. The largest absolute Gasteiger partial charge is 0.434 e. The van der Waals surface area contributed by atoms with E-state index in [0.29, 0.717) is 0 Å². The lowest BCUT2D eigenvalue weighted by Gasteiger charge is -2.11. The molecule has 2 aromatic rings. The van der Waals surface area contributed by atoms with Crippen molar-refractivity contribution in [3.63, 3.8) is 0 Å². The molecule has 0 fully saturated rings. The van der Waals surface area contributed by atoms with Gasteiger partial charge in [-0.2, -0.15) is 8.78 Å². The van der Waals surface area contributed by atoms with Gasteiger partial charge < -0.3 is 14.9 Å². The topological polar surface area (TPSA) is 59.9 Å². The molecule has 1 N–H and O–H groups in total. The summed E-state index contributed by atoms with van der Waals surface area (Å²) in [6, 6.07) is 10.4. The Balaban J connectivity index is 1.96. The van der Waals surface area contributed by atoms with Crippen LogP contribution in [0.4, 0.5) is 18.9 Å². The molecule has 1 amide bonds. The summed E-state index contributed by atoms with van der Waals surface area (Å²) < 4.78 is 42.8. The first-order chi connectivity index (χ1) is 12.4. The minimum absolute atomic E-state index is 0.0238. The second-order valence-corrected chi connectivity index (χ2v) is 5.37. The number of oxime groups is 1. The van der Waals surface area contributed by atoms with Gasteiger partial charge in [0, 0.05) is 5.56 Å². The highest BCUT2D eigenvalue weighted by atomic mass is 19.3. The molecule has 0 aromatic heterocycles. The predicted molar refractivity (Wildman–Crippen MR) is 91.0 cm³/mol. The molecule has 2 rings (SSSR count). The third-order valence-electron chi connectivity index (χ3n) is 3.30. The van der Waals surface area contributed by atoms with Gasteiger partial charge in [-0.05, 0) is 43.7 Å². The summed E-state index contributed by atoms with van der Waals surface area (Å²) in [4.78, 5) is 17.0. The van der Waals surface area contributed by atoms with Gasteiger partial charge in [0.2, 0.25) is 6.10 Å². The van der Waals surface area contributed by atoms with Gasteiger partial charge in [0.25, 0.3) is 5.91 Å². The van der Waals surface area contributed by atoms with Gasteiger partial charge in [-0.25, -0.2) is 4.39 Å². The van der Waals surface area contributed by atoms with Crippen LogP contribution in [-0.4, -0.2) is 24.8 Å². The molecule has 1 atom stereocenters. The van der Waals surface area contributed by atoms with Gasteiger partial charge in [0.1, 0.15) is 11.6 Å². The monoisotopic (exact) mass is 366 g/mol. The van der Waals surface area contributed by atoms with E-state index in [1.807, 2.05) is 0 Å². The molecule has 0 saturated carbocycles. The molecule has 8 heteroatoms. The van der Waals surface area contributed by atoms with Crippen LogP contribution < -0.4 is 10.1 Å². The maximum Gasteiger partial charge on any atom is 0.387 e. The zero-order valence-electron chi connectivity index (χ0n) is 14.1. The molecule has 0 radical (unpaired) electrons. The Labute approximate surface area is 148 Å². The molecule has 0 bridgehead atoms. The zero-order valence-corrected chi connectivity index (χ0v) is 14.1. The molecule has 0 saturated heterocycles. The fraction of sp³-hybridized carbons (Fsp3) is 0.222. The standard InChI is InChI=1S/C18H17F3N2O3/c1-11-7-8-15(14(19)9-11)23-17(24)12(2)26-22-10-13-5-3-4-6-16(13)25-18(20)21/h3-10,12,18H,1-2H3,(H,23,24). The predicted octanol–water partition coefficient (Wildman–Crippen LogP) is 4.11. The van der Waals surface area contributed by atoms with Crippen LogP contribution in [0.25, 0.3) is 0 Å². The molecular weight excluding hydrogens is 349 g/mol. The van der Waals surface area contributed by atoms with Crippen molar-refractivity contribution in [1.29, 1.82) is 0 Å². The number of carbonyl (C=O) groups excluding carboxylic acids is 1. The third kappa shape index (κ3) is 5.51. The first kappa shape index (κ1) is 19.3. The fourth-order valence-corrected chi connectivity index (χ4v) is 1.97. The summed E-state index contributed by atoms with van der Waals surface area (Å²) in [5, 5.41) is 5.99. The van der Waals surface area contributed by atoms with Crippen molar-refractivity contribution in [3.05, 3.63) is 59.4 Å². The number of para-hydroxylation sites is 1. The van der Waals surface area contributed by atoms with E-state index in [-0.39, 0.29) is 17.0 Å². The van der Waals surface area contributed by atoms with Crippen LogP contribution in [0.2, 0.25) is 0 Å². The molecule has 2 aromatic carbocycles. The number of rotatable bonds is 7. The van der Waals surface area contributed by atoms with E-state index in [1.54, 1.807) is 19.1 Å². The third-order valence-corrected chi connectivity index (χ3v) is 3.30. The van der Waals surface area contributed by atoms with Gasteiger partial charge in [-0.15, -0.1) is 0 Å². The van der Waals surface area contributed by atoms with E-state index < -0.39 is 24.4 Å². The number of halogens is 3. The summed E-state index contributed by atoms with van der Waals surface area (Å²) >= 11 is 0. The number of hydrogen-bond acceptors (Lipinski definition) is 4. The van der Waals surface area contributed by atoms with E-state index in [4.69, 9.17) is 4.84 Å². The highest BCUT2D eigenvalue weighted by Gasteiger charge is 2.16. The van der Waals surface area contributed by atoms with E-state index >= 15 is 0 Å². The SMILES string of the molecule is Cc1ccc(NC(=O)C(C)ON=Cc2ccccc2OC(F)F)c(F)c1. The highest BCUT2D eigenvalue weighted by molar-refractivity contribution is 5.94. The number of aryl methyl sites for hydroxylation is 1. The number of anilines is 1. The number of nitrogens with one attached hydrogen (secondary N) is 1. The van der Waals surface area contributed by atoms with E-state index in [1.165, 1.54) is 37.3 Å². The number of carbonyl (C=O) groups is 1. The highest BCUT2D eigenvalue weighted by Crippen LogP contribution is 2.19. The van der Waals surface area contributed by atoms with Crippen molar-refractivity contribution >= 4 is 17.8 Å². The lowest BCUT2D eigenvalue weighted by molar-refractivity contribution is -0.126. The first-order valence-corrected chi connectivity index (χ1v) is 7.67. The van der Waals surface area contributed by atoms with Crippen molar-refractivity contribution in [2.75, 3.05) is 5.32 Å². The Bertz CT molecular complexity index is 797. The van der Waals surface area contributed by atoms with Gasteiger partial charge in [0.15, 0.2) is 0 Å². The number of nitrogens with zero attached hydrogens (tertiary/aromatic N) is 1. The van der Waals surface area contributed by atoms with Gasteiger partial charge in [-0.1, -0.05) is 23.4 Å². The van der Waals surface area contributed by atoms with E-state index in [0.717, 1.165) is 11.8 Å². The van der Waals surface area contributed by atoms with Crippen LogP contribution in [0.1, 0.15) is 18.1 Å². The second kappa shape index (κ2) is 8.89. The lowest BCUT2D eigenvalue weighted by Crippen LogP contribution is -2.26. The maximum atomic E-state index is 13.7. The molecule has 0 aliphatic heterocycles. The summed E-state index contributed by atoms with van der Waals surface area (Å²) in [5.41, 5.74) is 1.000. The maximum absolute atomic E-state index is 13.7. The average molecular weight is 366 g/mol. The zero-order chi connectivity index (χ0) is 19.1. The van der Waals surface area contributed by atoms with E-state index in [2.05, 4.69) is 15.2 Å². The molecule has 0 aliphatic rings. The van der Waals surface area contributed by atoms with Crippen molar-refractivity contribution < 1.29 is 27.5 Å². The van der Waals surface area contributed by atoms with Crippen molar-refractivity contribution in [3.8, 4) is 5.75 Å². The number of benzene rings is 2. The minimum Gasteiger partial charge on any atom is -0.434 e. The Morgan fingerprint density at radius 2 is 1.96 bits per heavy atom. The van der Waals surface area contributed by atoms with Crippen LogP contribution in [-0.2, 0) is 9.63 Å². The summed E-state index contributed by atoms with van der Waals surface area (Å²) in [5.74, 6) is -1.25. The smallest absolute Gasteiger partial charge is 0.387 e. The summed E-state index contributed by atoms with van der Waals surface area (Å²) in [6.07, 6.45) is 0.114. The minimum atomic E-state index is -2.97. The molecule has 1 unspecified atom stereocenters. The number of alkyl halides is 2. The normalized spacial score (nSPS) is 12.2. The molecule has 0 heterocycles.